The predicted octanol–water partition coefficient (Wildman–Crippen LogP) is 2.98. The lowest BCUT2D eigenvalue weighted by Gasteiger charge is -2.05. The average molecular weight is 322 g/mol. The maximum Gasteiger partial charge on any atom is 0.221 e. The van der Waals surface area contributed by atoms with Gasteiger partial charge in [-0.05, 0) is 36.4 Å². The minimum atomic E-state index is -0.169. The van der Waals surface area contributed by atoms with Gasteiger partial charge in [0.15, 0.2) is 0 Å². The van der Waals surface area contributed by atoms with Gasteiger partial charge >= 0.3 is 0 Å². The molecule has 0 atom stereocenters. The van der Waals surface area contributed by atoms with Crippen LogP contribution in [0.2, 0.25) is 6.82 Å². The third-order valence-electron chi connectivity index (χ3n) is 3.33. The van der Waals surface area contributed by atoms with E-state index >= 15 is 0 Å². The lowest BCUT2D eigenvalue weighted by Crippen LogP contribution is -2.07. The molecular formula is C17H19BN4O2. The maximum absolute atomic E-state index is 11.2. The fourth-order valence-electron chi connectivity index (χ4n) is 2.26. The second kappa shape index (κ2) is 7.54. The number of aromatic amines is 1. The number of carbonyl (C=O) groups excluding carboxylic acids is 1. The molecule has 1 heterocycles. The van der Waals surface area contributed by atoms with Crippen LogP contribution in [0.1, 0.15) is 6.92 Å². The van der Waals surface area contributed by atoms with Crippen molar-refractivity contribution in [1.29, 1.82) is 0 Å². The minimum absolute atomic E-state index is 0.169. The normalized spacial score (nSPS) is 9.96. The van der Waals surface area contributed by atoms with Crippen molar-refractivity contribution in [3.8, 4) is 17.1 Å². The van der Waals surface area contributed by atoms with E-state index in [4.69, 9.17) is 10.5 Å². The van der Waals surface area contributed by atoms with E-state index in [9.17, 15) is 4.79 Å². The molecule has 122 valence electrons. The molecule has 7 heteroatoms. The molecule has 0 fully saturated rings. The molecule has 2 radical (unpaired) electrons. The molecule has 2 aromatic carbocycles. The number of aromatic nitrogens is 2. The summed E-state index contributed by atoms with van der Waals surface area (Å²) in [6, 6.07) is 11.1. The van der Waals surface area contributed by atoms with Gasteiger partial charge in [-0.2, -0.15) is 0 Å². The molecule has 0 aliphatic carbocycles. The Morgan fingerprint density at radius 2 is 1.92 bits per heavy atom. The number of carbonyl (C=O) groups is 1. The number of nitrogens with two attached hydrogens (primary N) is 1. The van der Waals surface area contributed by atoms with E-state index in [0.717, 1.165) is 28.2 Å². The van der Waals surface area contributed by atoms with E-state index < -0.39 is 0 Å². The SMILES string of the molecule is COc1ccc(-c2nc3cc(NC(C)=O)c(N)cc3[nH]2)cc1.[B]C. The predicted molar refractivity (Wildman–Crippen MR) is 98.4 cm³/mol. The molecule has 0 aliphatic heterocycles. The van der Waals surface area contributed by atoms with Crippen LogP contribution in [0.15, 0.2) is 36.4 Å². The Morgan fingerprint density at radius 1 is 1.25 bits per heavy atom. The highest BCUT2D eigenvalue weighted by Crippen LogP contribution is 2.28. The van der Waals surface area contributed by atoms with E-state index in [2.05, 4.69) is 23.1 Å². The molecule has 0 aliphatic rings. The molecule has 0 spiro atoms. The van der Waals surface area contributed by atoms with Crippen LogP contribution in [0.25, 0.3) is 22.4 Å². The summed E-state index contributed by atoms with van der Waals surface area (Å²) in [5.74, 6) is 1.35. The minimum Gasteiger partial charge on any atom is -0.497 e. The topological polar surface area (TPSA) is 93.0 Å². The maximum atomic E-state index is 11.2. The van der Waals surface area contributed by atoms with Gasteiger partial charge in [0.2, 0.25) is 5.91 Å². The summed E-state index contributed by atoms with van der Waals surface area (Å²) >= 11 is 0. The molecule has 0 saturated carbocycles. The summed E-state index contributed by atoms with van der Waals surface area (Å²) < 4.78 is 5.15. The first-order valence-corrected chi connectivity index (χ1v) is 7.36. The van der Waals surface area contributed by atoms with Crippen LogP contribution in [0.3, 0.4) is 0 Å². The fourth-order valence-corrected chi connectivity index (χ4v) is 2.26. The van der Waals surface area contributed by atoms with Gasteiger partial charge in [0.05, 0.1) is 37.4 Å². The number of methoxy groups -OCH3 is 1. The number of nitrogens with zero attached hydrogens (tertiary/aromatic N) is 1. The van der Waals surface area contributed by atoms with E-state index in [1.54, 1.807) is 19.2 Å². The zero-order valence-electron chi connectivity index (χ0n) is 13.9. The number of rotatable bonds is 3. The molecule has 3 aromatic rings. The Kier molecular flexibility index (Phi) is 5.47. The van der Waals surface area contributed by atoms with Crippen LogP contribution in [-0.2, 0) is 4.79 Å². The monoisotopic (exact) mass is 322 g/mol. The van der Waals surface area contributed by atoms with Gasteiger partial charge in [-0.1, -0.05) is 6.82 Å². The Hall–Kier alpha value is -2.96. The van der Waals surface area contributed by atoms with Crippen molar-refractivity contribution in [3.63, 3.8) is 0 Å². The Labute approximate surface area is 141 Å². The van der Waals surface area contributed by atoms with Gasteiger partial charge in [0, 0.05) is 12.5 Å². The third kappa shape index (κ3) is 3.68. The van der Waals surface area contributed by atoms with Crippen molar-refractivity contribution in [3.05, 3.63) is 36.4 Å². The number of nitrogen functional groups attached to an aromatic ring is 1. The summed E-state index contributed by atoms with van der Waals surface area (Å²) in [4.78, 5) is 19.0. The zero-order valence-corrected chi connectivity index (χ0v) is 13.9. The molecule has 24 heavy (non-hydrogen) atoms. The van der Waals surface area contributed by atoms with Crippen LogP contribution >= 0.6 is 0 Å². The van der Waals surface area contributed by atoms with E-state index in [-0.39, 0.29) is 5.91 Å². The molecule has 1 amide bonds. The molecular weight excluding hydrogens is 303 g/mol. The number of ether oxygens (including phenoxy) is 1. The fraction of sp³-hybridized carbons (Fsp3) is 0.176. The Morgan fingerprint density at radius 3 is 2.50 bits per heavy atom. The number of hydrogen-bond donors (Lipinski definition) is 3. The number of nitrogens with one attached hydrogen (secondary N) is 2. The van der Waals surface area contributed by atoms with Gasteiger partial charge in [0.25, 0.3) is 0 Å². The smallest absolute Gasteiger partial charge is 0.221 e. The van der Waals surface area contributed by atoms with Crippen molar-refractivity contribution < 1.29 is 9.53 Å². The zero-order chi connectivity index (χ0) is 17.7. The van der Waals surface area contributed by atoms with Crippen LogP contribution < -0.4 is 15.8 Å². The first-order valence-electron chi connectivity index (χ1n) is 7.36. The highest BCUT2D eigenvalue weighted by molar-refractivity contribution is 6.05. The van der Waals surface area contributed by atoms with Crippen LogP contribution in [0.5, 0.6) is 5.75 Å². The van der Waals surface area contributed by atoms with Crippen molar-refractivity contribution in [1.82, 2.24) is 9.97 Å². The van der Waals surface area contributed by atoms with Crippen molar-refractivity contribution in [2.24, 2.45) is 0 Å². The van der Waals surface area contributed by atoms with Crippen LogP contribution in [0, 0.1) is 0 Å². The van der Waals surface area contributed by atoms with Gasteiger partial charge < -0.3 is 20.8 Å². The summed E-state index contributed by atoms with van der Waals surface area (Å²) in [6.07, 6.45) is 0. The molecule has 0 bridgehead atoms. The lowest BCUT2D eigenvalue weighted by atomic mass is 10.2. The van der Waals surface area contributed by atoms with E-state index in [0.29, 0.717) is 11.4 Å². The third-order valence-corrected chi connectivity index (χ3v) is 3.33. The quantitative estimate of drug-likeness (QED) is 0.510. The highest BCUT2D eigenvalue weighted by Gasteiger charge is 2.09. The molecule has 3 rings (SSSR count). The molecule has 0 saturated heterocycles. The highest BCUT2D eigenvalue weighted by atomic mass is 16.5. The average Bonchev–Trinajstić information content (AvgIpc) is 2.99. The van der Waals surface area contributed by atoms with Crippen LogP contribution in [-0.4, -0.2) is 30.8 Å². The number of anilines is 2. The van der Waals surface area contributed by atoms with E-state index in [1.165, 1.54) is 13.7 Å². The van der Waals surface area contributed by atoms with Crippen LogP contribution in [0.4, 0.5) is 11.4 Å². The van der Waals surface area contributed by atoms with E-state index in [1.807, 2.05) is 24.3 Å². The van der Waals surface area contributed by atoms with Crippen molar-refractivity contribution >= 4 is 36.2 Å². The standard InChI is InChI=1S/C16H16N4O2.CH3B/c1-9(21)18-13-8-15-14(7-12(13)17)19-16(20-15)10-3-5-11(22-2)6-4-10;1-2/h3-8H,17H2,1-2H3,(H,18,21)(H,19,20);1H3. The summed E-state index contributed by atoms with van der Waals surface area (Å²) in [6.45, 7) is 2.94. The largest absolute Gasteiger partial charge is 0.497 e. The molecule has 4 N–H and O–H groups in total. The van der Waals surface area contributed by atoms with Gasteiger partial charge in [-0.25, -0.2) is 4.98 Å². The summed E-state index contributed by atoms with van der Waals surface area (Å²) in [7, 11) is 6.13. The first kappa shape index (κ1) is 17.4. The first-order chi connectivity index (χ1) is 11.6. The second-order valence-corrected chi connectivity index (χ2v) is 4.95. The molecule has 6 nitrogen and oxygen atoms in total. The lowest BCUT2D eigenvalue weighted by molar-refractivity contribution is -0.114. The van der Waals surface area contributed by atoms with Crippen molar-refractivity contribution in [2.45, 2.75) is 13.7 Å². The number of fused-ring (bicyclic) bond motifs is 1. The van der Waals surface area contributed by atoms with Crippen molar-refractivity contribution in [2.75, 3.05) is 18.2 Å². The Balaban J connectivity index is 0.00000100. The number of benzene rings is 2. The molecule has 0 unspecified atom stereocenters. The van der Waals surface area contributed by atoms with Gasteiger partial charge in [0.1, 0.15) is 11.6 Å². The second-order valence-electron chi connectivity index (χ2n) is 4.95. The summed E-state index contributed by atoms with van der Waals surface area (Å²) in [5, 5.41) is 2.69. The Bertz CT molecular complexity index is 844. The molecule has 1 aromatic heterocycles. The number of H-pyrrole nitrogens is 1. The van der Waals surface area contributed by atoms with Gasteiger partial charge in [-0.3, -0.25) is 4.79 Å². The number of hydrogen-bond acceptors (Lipinski definition) is 4. The summed E-state index contributed by atoms with van der Waals surface area (Å²) in [5.41, 5.74) is 9.50. The number of imidazole rings is 1. The number of amides is 1. The van der Waals surface area contributed by atoms with Gasteiger partial charge in [-0.15, -0.1) is 0 Å².